The van der Waals surface area contributed by atoms with E-state index in [2.05, 4.69) is 27.4 Å². The van der Waals surface area contributed by atoms with Crippen molar-refractivity contribution >= 4 is 11.7 Å². The zero-order chi connectivity index (χ0) is 14.7. The summed E-state index contributed by atoms with van der Waals surface area (Å²) in [6.07, 6.45) is 6.13. The molecule has 3 rings (SSSR count). The summed E-state index contributed by atoms with van der Waals surface area (Å²) >= 11 is 0. The lowest BCUT2D eigenvalue weighted by atomic mass is 10.0. The van der Waals surface area contributed by atoms with Crippen LogP contribution >= 0.6 is 0 Å². The van der Waals surface area contributed by atoms with Crippen molar-refractivity contribution in [3.8, 4) is 0 Å². The zero-order valence-corrected chi connectivity index (χ0v) is 12.6. The van der Waals surface area contributed by atoms with Crippen molar-refractivity contribution in [1.82, 2.24) is 15.6 Å². The highest BCUT2D eigenvalue weighted by atomic mass is 16.1. The summed E-state index contributed by atoms with van der Waals surface area (Å²) in [6.45, 7) is 5.14. The van der Waals surface area contributed by atoms with E-state index < -0.39 is 0 Å². The van der Waals surface area contributed by atoms with E-state index in [1.54, 1.807) is 6.20 Å². The number of hydrogen-bond donors (Lipinski definition) is 2. The molecule has 0 aromatic carbocycles. The van der Waals surface area contributed by atoms with E-state index in [1.807, 2.05) is 12.1 Å². The molecule has 2 N–H and O–H groups in total. The number of hydrogen-bond acceptors (Lipinski definition) is 4. The van der Waals surface area contributed by atoms with E-state index in [1.165, 1.54) is 12.8 Å². The van der Waals surface area contributed by atoms with Crippen LogP contribution in [0.2, 0.25) is 0 Å². The van der Waals surface area contributed by atoms with E-state index in [4.69, 9.17) is 0 Å². The second-order valence-electron chi connectivity index (χ2n) is 6.12. The number of piperidine rings is 1. The highest BCUT2D eigenvalue weighted by Gasteiger charge is 2.24. The molecule has 2 saturated heterocycles. The van der Waals surface area contributed by atoms with Gasteiger partial charge in [-0.3, -0.25) is 4.79 Å². The summed E-state index contributed by atoms with van der Waals surface area (Å²) in [5.74, 6) is 0.860. The third kappa shape index (κ3) is 3.35. The van der Waals surface area contributed by atoms with E-state index in [9.17, 15) is 4.79 Å². The fourth-order valence-corrected chi connectivity index (χ4v) is 3.28. The van der Waals surface area contributed by atoms with Crippen LogP contribution in [-0.2, 0) is 0 Å². The maximum absolute atomic E-state index is 12.6. The lowest BCUT2D eigenvalue weighted by molar-refractivity contribution is 0.0926. The molecule has 0 radical (unpaired) electrons. The molecule has 2 atom stereocenters. The Labute approximate surface area is 126 Å². The average molecular weight is 288 g/mol. The van der Waals surface area contributed by atoms with Gasteiger partial charge in [0, 0.05) is 31.4 Å². The summed E-state index contributed by atoms with van der Waals surface area (Å²) in [5.41, 5.74) is 0.714. The second-order valence-corrected chi connectivity index (χ2v) is 6.12. The number of carbonyl (C=O) groups is 1. The fourth-order valence-electron chi connectivity index (χ4n) is 3.28. The summed E-state index contributed by atoms with van der Waals surface area (Å²) in [7, 11) is 0. The number of pyridine rings is 1. The maximum Gasteiger partial charge on any atom is 0.255 e. The Hall–Kier alpha value is -1.62. The van der Waals surface area contributed by atoms with Gasteiger partial charge in [-0.05, 0) is 51.3 Å². The molecule has 3 heterocycles. The molecule has 2 aliphatic heterocycles. The molecule has 2 aliphatic rings. The monoisotopic (exact) mass is 288 g/mol. The average Bonchev–Trinajstić information content (AvgIpc) is 3.01. The van der Waals surface area contributed by atoms with Gasteiger partial charge in [-0.15, -0.1) is 0 Å². The molecule has 1 aromatic heterocycles. The van der Waals surface area contributed by atoms with Gasteiger partial charge in [-0.2, -0.15) is 0 Å². The smallest absolute Gasteiger partial charge is 0.255 e. The van der Waals surface area contributed by atoms with Crippen molar-refractivity contribution in [3.05, 3.63) is 23.9 Å². The SMILES string of the molecule is CC1CC(NC(=O)c2cccnc2N2CCCC2)CCN1. The molecule has 0 bridgehead atoms. The van der Waals surface area contributed by atoms with Crippen LogP contribution in [0.4, 0.5) is 5.82 Å². The predicted molar refractivity (Wildman–Crippen MR) is 83.6 cm³/mol. The minimum absolute atomic E-state index is 0.0177. The van der Waals surface area contributed by atoms with Gasteiger partial charge in [0.1, 0.15) is 5.82 Å². The highest BCUT2D eigenvalue weighted by Crippen LogP contribution is 2.22. The summed E-state index contributed by atoms with van der Waals surface area (Å²) in [4.78, 5) is 19.3. The number of aromatic nitrogens is 1. The first kappa shape index (κ1) is 14.3. The molecule has 1 amide bonds. The predicted octanol–water partition coefficient (Wildman–Crippen LogP) is 1.55. The minimum atomic E-state index is 0.0177. The number of nitrogens with one attached hydrogen (secondary N) is 2. The molecule has 2 unspecified atom stereocenters. The van der Waals surface area contributed by atoms with Crippen LogP contribution in [0.15, 0.2) is 18.3 Å². The van der Waals surface area contributed by atoms with Gasteiger partial charge in [0.25, 0.3) is 5.91 Å². The zero-order valence-electron chi connectivity index (χ0n) is 12.6. The molecule has 0 spiro atoms. The van der Waals surface area contributed by atoms with Crippen LogP contribution < -0.4 is 15.5 Å². The molecule has 0 saturated carbocycles. The lowest BCUT2D eigenvalue weighted by Crippen LogP contribution is -2.46. The van der Waals surface area contributed by atoms with Crippen LogP contribution in [-0.4, -0.2) is 42.6 Å². The van der Waals surface area contributed by atoms with Crippen molar-refractivity contribution in [2.75, 3.05) is 24.5 Å². The molecule has 5 heteroatoms. The van der Waals surface area contributed by atoms with Gasteiger partial charge in [0.15, 0.2) is 0 Å². The molecule has 1 aromatic rings. The van der Waals surface area contributed by atoms with Crippen molar-refractivity contribution < 1.29 is 4.79 Å². The molecule has 0 aliphatic carbocycles. The van der Waals surface area contributed by atoms with Crippen LogP contribution in [0.5, 0.6) is 0 Å². The number of nitrogens with zero attached hydrogens (tertiary/aromatic N) is 2. The Morgan fingerprint density at radius 1 is 1.43 bits per heavy atom. The quantitative estimate of drug-likeness (QED) is 0.886. The number of anilines is 1. The summed E-state index contributed by atoms with van der Waals surface area (Å²) < 4.78 is 0. The minimum Gasteiger partial charge on any atom is -0.356 e. The Kier molecular flexibility index (Phi) is 4.39. The van der Waals surface area contributed by atoms with E-state index >= 15 is 0 Å². The molecule has 5 nitrogen and oxygen atoms in total. The van der Waals surface area contributed by atoms with Crippen LogP contribution in [0.1, 0.15) is 43.0 Å². The Balaban J connectivity index is 1.72. The van der Waals surface area contributed by atoms with Crippen LogP contribution in [0.3, 0.4) is 0 Å². The number of amides is 1. The Bertz CT molecular complexity index is 499. The van der Waals surface area contributed by atoms with Gasteiger partial charge in [-0.1, -0.05) is 0 Å². The van der Waals surface area contributed by atoms with Gasteiger partial charge >= 0.3 is 0 Å². The van der Waals surface area contributed by atoms with Crippen LogP contribution in [0.25, 0.3) is 0 Å². The topological polar surface area (TPSA) is 57.3 Å². The third-order valence-corrected chi connectivity index (χ3v) is 4.40. The largest absolute Gasteiger partial charge is 0.356 e. The standard InChI is InChI=1S/C16H24N4O/c1-12-11-13(6-8-17-12)19-16(21)14-5-4-7-18-15(14)20-9-2-3-10-20/h4-5,7,12-13,17H,2-3,6,8-11H2,1H3,(H,19,21). The summed E-state index contributed by atoms with van der Waals surface area (Å²) in [5, 5.41) is 6.59. The van der Waals surface area contributed by atoms with Gasteiger partial charge in [0.2, 0.25) is 0 Å². The fraction of sp³-hybridized carbons (Fsp3) is 0.625. The highest BCUT2D eigenvalue weighted by molar-refractivity contribution is 5.99. The summed E-state index contributed by atoms with van der Waals surface area (Å²) in [6, 6.07) is 4.47. The first-order chi connectivity index (χ1) is 10.2. The Morgan fingerprint density at radius 2 is 2.24 bits per heavy atom. The molecule has 21 heavy (non-hydrogen) atoms. The number of carbonyl (C=O) groups excluding carboxylic acids is 1. The Morgan fingerprint density at radius 3 is 3.00 bits per heavy atom. The number of rotatable bonds is 3. The third-order valence-electron chi connectivity index (χ3n) is 4.40. The van der Waals surface area contributed by atoms with Crippen LogP contribution in [0, 0.1) is 0 Å². The molecular formula is C16H24N4O. The van der Waals surface area contributed by atoms with E-state index in [0.29, 0.717) is 11.6 Å². The van der Waals surface area contributed by atoms with Crippen molar-refractivity contribution in [1.29, 1.82) is 0 Å². The second kappa shape index (κ2) is 6.43. The molecular weight excluding hydrogens is 264 g/mol. The molecule has 2 fully saturated rings. The first-order valence-corrected chi connectivity index (χ1v) is 7.98. The first-order valence-electron chi connectivity index (χ1n) is 7.98. The van der Waals surface area contributed by atoms with Gasteiger partial charge in [0.05, 0.1) is 5.56 Å². The maximum atomic E-state index is 12.6. The van der Waals surface area contributed by atoms with Crippen molar-refractivity contribution in [2.45, 2.75) is 44.7 Å². The lowest BCUT2D eigenvalue weighted by Gasteiger charge is -2.29. The molecule has 114 valence electrons. The van der Waals surface area contributed by atoms with E-state index in [-0.39, 0.29) is 11.9 Å². The van der Waals surface area contributed by atoms with Gasteiger partial charge < -0.3 is 15.5 Å². The normalized spacial score (nSPS) is 25.9. The van der Waals surface area contributed by atoms with Crippen molar-refractivity contribution in [2.24, 2.45) is 0 Å². The van der Waals surface area contributed by atoms with Gasteiger partial charge in [-0.25, -0.2) is 4.98 Å². The van der Waals surface area contributed by atoms with Crippen molar-refractivity contribution in [3.63, 3.8) is 0 Å². The van der Waals surface area contributed by atoms with E-state index in [0.717, 1.165) is 38.3 Å².